The fourth-order valence-corrected chi connectivity index (χ4v) is 2.76. The van der Waals surface area contributed by atoms with Crippen LogP contribution in [0.1, 0.15) is 30.6 Å². The fourth-order valence-electron chi connectivity index (χ4n) is 2.27. The summed E-state index contributed by atoms with van der Waals surface area (Å²) < 4.78 is 11.5. The van der Waals surface area contributed by atoms with E-state index in [4.69, 9.17) is 9.47 Å². The SMILES string of the molecule is COc1ccc([N+](=O)[O-])cc1NC(=O)c1ccc(OCCC(C)C)c(Br)c1. The third-order valence-electron chi connectivity index (χ3n) is 3.79. The molecule has 0 atom stereocenters. The Morgan fingerprint density at radius 2 is 1.93 bits per heavy atom. The summed E-state index contributed by atoms with van der Waals surface area (Å²) in [5.41, 5.74) is 0.470. The van der Waals surface area contributed by atoms with Crippen LogP contribution in [-0.2, 0) is 0 Å². The largest absolute Gasteiger partial charge is 0.495 e. The van der Waals surface area contributed by atoms with Gasteiger partial charge in [-0.3, -0.25) is 14.9 Å². The lowest BCUT2D eigenvalue weighted by molar-refractivity contribution is -0.384. The third kappa shape index (κ3) is 5.68. The highest BCUT2D eigenvalue weighted by molar-refractivity contribution is 9.10. The molecule has 0 bridgehead atoms. The lowest BCUT2D eigenvalue weighted by Crippen LogP contribution is -2.13. The van der Waals surface area contributed by atoms with Crippen LogP contribution in [0.5, 0.6) is 11.5 Å². The van der Waals surface area contributed by atoms with Crippen molar-refractivity contribution in [3.63, 3.8) is 0 Å². The van der Waals surface area contributed by atoms with Gasteiger partial charge in [0.2, 0.25) is 0 Å². The summed E-state index contributed by atoms with van der Waals surface area (Å²) in [6.45, 7) is 4.83. The highest BCUT2D eigenvalue weighted by Gasteiger charge is 2.15. The number of nitrogens with zero attached hydrogens (tertiary/aromatic N) is 1. The first kappa shape index (κ1) is 20.7. The highest BCUT2D eigenvalue weighted by atomic mass is 79.9. The Morgan fingerprint density at radius 1 is 1.22 bits per heavy atom. The minimum Gasteiger partial charge on any atom is -0.495 e. The molecule has 0 aliphatic rings. The van der Waals surface area contributed by atoms with Gasteiger partial charge < -0.3 is 14.8 Å². The molecular weight excluding hydrogens is 416 g/mol. The summed E-state index contributed by atoms with van der Waals surface area (Å²) >= 11 is 3.41. The molecule has 0 aromatic heterocycles. The molecule has 7 nitrogen and oxygen atoms in total. The summed E-state index contributed by atoms with van der Waals surface area (Å²) in [5.74, 6) is 1.11. The second-order valence-electron chi connectivity index (χ2n) is 6.27. The Bertz CT molecular complexity index is 839. The molecule has 27 heavy (non-hydrogen) atoms. The number of non-ortho nitro benzene ring substituents is 1. The van der Waals surface area contributed by atoms with Crippen molar-refractivity contribution in [3.05, 3.63) is 56.5 Å². The number of methoxy groups -OCH3 is 1. The first-order chi connectivity index (χ1) is 12.8. The van der Waals surface area contributed by atoms with Crippen LogP contribution in [-0.4, -0.2) is 24.5 Å². The van der Waals surface area contributed by atoms with Crippen molar-refractivity contribution in [2.45, 2.75) is 20.3 Å². The zero-order chi connectivity index (χ0) is 20.0. The van der Waals surface area contributed by atoms with Gasteiger partial charge in [0.15, 0.2) is 0 Å². The molecule has 0 heterocycles. The van der Waals surface area contributed by atoms with E-state index in [0.29, 0.717) is 34.1 Å². The molecule has 0 saturated carbocycles. The summed E-state index contributed by atoms with van der Waals surface area (Å²) in [7, 11) is 1.43. The number of amides is 1. The molecule has 0 spiro atoms. The van der Waals surface area contributed by atoms with Gasteiger partial charge in [-0.05, 0) is 52.5 Å². The Hall–Kier alpha value is -2.61. The van der Waals surface area contributed by atoms with E-state index >= 15 is 0 Å². The van der Waals surface area contributed by atoms with Crippen molar-refractivity contribution in [1.82, 2.24) is 0 Å². The van der Waals surface area contributed by atoms with Crippen LogP contribution in [0.25, 0.3) is 0 Å². The van der Waals surface area contributed by atoms with E-state index in [-0.39, 0.29) is 11.4 Å². The summed E-state index contributed by atoms with van der Waals surface area (Å²) in [6, 6.07) is 9.00. The van der Waals surface area contributed by atoms with Gasteiger partial charge in [0.05, 0.1) is 28.8 Å². The molecule has 2 rings (SSSR count). The molecule has 2 aromatic carbocycles. The van der Waals surface area contributed by atoms with Gasteiger partial charge in [-0.1, -0.05) is 13.8 Å². The third-order valence-corrected chi connectivity index (χ3v) is 4.41. The van der Waals surface area contributed by atoms with Crippen LogP contribution in [0.2, 0.25) is 0 Å². The van der Waals surface area contributed by atoms with Gasteiger partial charge in [-0.2, -0.15) is 0 Å². The Kier molecular flexibility index (Phi) is 7.18. The van der Waals surface area contributed by atoms with Crippen molar-refractivity contribution in [2.75, 3.05) is 19.0 Å². The number of nitrogens with one attached hydrogen (secondary N) is 1. The lowest BCUT2D eigenvalue weighted by atomic mass is 10.1. The maximum absolute atomic E-state index is 12.5. The number of carbonyl (C=O) groups excluding carboxylic acids is 1. The summed E-state index contributed by atoms with van der Waals surface area (Å²) in [6.07, 6.45) is 0.932. The lowest BCUT2D eigenvalue weighted by Gasteiger charge is -2.12. The molecule has 8 heteroatoms. The van der Waals surface area contributed by atoms with E-state index in [0.717, 1.165) is 6.42 Å². The quantitative estimate of drug-likeness (QED) is 0.462. The van der Waals surface area contributed by atoms with Crippen LogP contribution in [0.3, 0.4) is 0 Å². The van der Waals surface area contributed by atoms with Crippen LogP contribution in [0, 0.1) is 16.0 Å². The molecule has 0 fully saturated rings. The molecule has 0 aliphatic heterocycles. The van der Waals surface area contributed by atoms with E-state index in [2.05, 4.69) is 35.1 Å². The summed E-state index contributed by atoms with van der Waals surface area (Å²) in [5, 5.41) is 13.6. The molecule has 1 amide bonds. The van der Waals surface area contributed by atoms with Crippen LogP contribution in [0.4, 0.5) is 11.4 Å². The zero-order valence-corrected chi connectivity index (χ0v) is 16.9. The minimum absolute atomic E-state index is 0.138. The number of hydrogen-bond donors (Lipinski definition) is 1. The molecule has 144 valence electrons. The van der Waals surface area contributed by atoms with Crippen molar-refractivity contribution >= 4 is 33.2 Å². The minimum atomic E-state index is -0.533. The predicted octanol–water partition coefficient (Wildman–Crippen LogP) is 5.04. The van der Waals surface area contributed by atoms with E-state index in [9.17, 15) is 14.9 Å². The Balaban J connectivity index is 2.15. The highest BCUT2D eigenvalue weighted by Crippen LogP contribution is 2.30. The number of benzene rings is 2. The van der Waals surface area contributed by atoms with Gasteiger partial charge in [0.25, 0.3) is 11.6 Å². The van der Waals surface area contributed by atoms with Gasteiger partial charge >= 0.3 is 0 Å². The number of rotatable bonds is 8. The maximum Gasteiger partial charge on any atom is 0.271 e. The van der Waals surface area contributed by atoms with E-state index in [1.54, 1.807) is 18.2 Å². The van der Waals surface area contributed by atoms with E-state index in [1.807, 2.05) is 0 Å². The van der Waals surface area contributed by atoms with Crippen LogP contribution >= 0.6 is 15.9 Å². The fraction of sp³-hybridized carbons (Fsp3) is 0.316. The van der Waals surface area contributed by atoms with Crippen molar-refractivity contribution < 1.29 is 19.2 Å². The second kappa shape index (κ2) is 9.36. The van der Waals surface area contributed by atoms with Crippen molar-refractivity contribution in [3.8, 4) is 11.5 Å². The van der Waals surface area contributed by atoms with E-state index in [1.165, 1.54) is 25.3 Å². The Labute approximate surface area is 166 Å². The number of nitro groups is 1. The van der Waals surface area contributed by atoms with Crippen LogP contribution in [0.15, 0.2) is 40.9 Å². The second-order valence-corrected chi connectivity index (χ2v) is 7.13. The van der Waals surface area contributed by atoms with Gasteiger partial charge in [0, 0.05) is 17.7 Å². The molecular formula is C19H21BrN2O5. The van der Waals surface area contributed by atoms with E-state index < -0.39 is 10.8 Å². The number of halogens is 1. The van der Waals surface area contributed by atoms with Gasteiger partial charge in [-0.25, -0.2) is 0 Å². The summed E-state index contributed by atoms with van der Waals surface area (Å²) in [4.78, 5) is 23.0. The first-order valence-electron chi connectivity index (χ1n) is 8.38. The van der Waals surface area contributed by atoms with Crippen molar-refractivity contribution in [2.24, 2.45) is 5.92 Å². The predicted molar refractivity (Wildman–Crippen MR) is 107 cm³/mol. The van der Waals surface area contributed by atoms with Gasteiger partial charge in [-0.15, -0.1) is 0 Å². The smallest absolute Gasteiger partial charge is 0.271 e. The van der Waals surface area contributed by atoms with Crippen LogP contribution < -0.4 is 14.8 Å². The monoisotopic (exact) mass is 436 g/mol. The van der Waals surface area contributed by atoms with Crippen molar-refractivity contribution in [1.29, 1.82) is 0 Å². The first-order valence-corrected chi connectivity index (χ1v) is 9.17. The average molecular weight is 437 g/mol. The molecule has 0 radical (unpaired) electrons. The molecule has 2 aromatic rings. The zero-order valence-electron chi connectivity index (χ0n) is 15.3. The molecule has 0 unspecified atom stereocenters. The molecule has 1 N–H and O–H groups in total. The maximum atomic E-state index is 12.5. The number of anilines is 1. The topological polar surface area (TPSA) is 90.7 Å². The Morgan fingerprint density at radius 3 is 2.52 bits per heavy atom. The standard InChI is InChI=1S/C19H21BrN2O5/c1-12(2)8-9-27-17-6-4-13(10-15(17)20)19(23)21-16-11-14(22(24)25)5-7-18(16)26-3/h4-7,10-12H,8-9H2,1-3H3,(H,21,23). The molecule has 0 saturated heterocycles. The van der Waals surface area contributed by atoms with Gasteiger partial charge in [0.1, 0.15) is 11.5 Å². The number of carbonyl (C=O) groups is 1. The average Bonchev–Trinajstić information content (AvgIpc) is 2.62. The normalized spacial score (nSPS) is 10.6. The number of nitro benzene ring substituents is 1. The number of ether oxygens (including phenoxy) is 2. The number of hydrogen-bond acceptors (Lipinski definition) is 5. The molecule has 0 aliphatic carbocycles.